The van der Waals surface area contributed by atoms with Crippen LogP contribution in [0.15, 0.2) is 76.3 Å². The van der Waals surface area contributed by atoms with E-state index in [1.54, 1.807) is 6.26 Å². The first-order chi connectivity index (χ1) is 12.5. The van der Waals surface area contributed by atoms with Crippen LogP contribution in [-0.2, 0) is 6.18 Å². The van der Waals surface area contributed by atoms with E-state index in [9.17, 15) is 13.2 Å². The summed E-state index contributed by atoms with van der Waals surface area (Å²) in [6.45, 7) is 0. The van der Waals surface area contributed by atoms with Crippen LogP contribution in [0.2, 0.25) is 0 Å². The van der Waals surface area contributed by atoms with Gasteiger partial charge in [-0.05, 0) is 53.8 Å². The Morgan fingerprint density at radius 1 is 0.885 bits per heavy atom. The average Bonchev–Trinajstić information content (AvgIpc) is 3.33. The predicted molar refractivity (Wildman–Crippen MR) is 94.1 cm³/mol. The fraction of sp³-hybridized carbons (Fsp3) is 0.190. The first-order valence-electron chi connectivity index (χ1n) is 8.39. The lowest BCUT2D eigenvalue weighted by atomic mass is 9.99. The summed E-state index contributed by atoms with van der Waals surface area (Å²) in [5.41, 5.74) is 3.09. The second-order valence-corrected chi connectivity index (χ2v) is 6.30. The highest BCUT2D eigenvalue weighted by Gasteiger charge is 2.30. The number of halogens is 3. The first kappa shape index (κ1) is 16.6. The van der Waals surface area contributed by atoms with E-state index in [0.717, 1.165) is 53.1 Å². The van der Waals surface area contributed by atoms with Crippen molar-refractivity contribution in [3.8, 4) is 11.1 Å². The fourth-order valence-corrected chi connectivity index (χ4v) is 3.21. The Morgan fingerprint density at radius 2 is 1.54 bits per heavy atom. The number of hydrogen-bond acceptors (Lipinski definition) is 2. The van der Waals surface area contributed by atoms with Crippen molar-refractivity contribution in [2.24, 2.45) is 4.99 Å². The maximum Gasteiger partial charge on any atom is 0.416 e. The Hall–Kier alpha value is -2.82. The van der Waals surface area contributed by atoms with Crippen molar-refractivity contribution in [1.82, 2.24) is 0 Å². The molecule has 4 rings (SSSR count). The van der Waals surface area contributed by atoms with E-state index in [1.165, 1.54) is 12.1 Å². The van der Waals surface area contributed by atoms with E-state index in [-0.39, 0.29) is 6.04 Å². The van der Waals surface area contributed by atoms with Crippen LogP contribution in [0.25, 0.3) is 11.1 Å². The van der Waals surface area contributed by atoms with Crippen LogP contribution in [0.1, 0.15) is 35.8 Å². The second-order valence-electron chi connectivity index (χ2n) is 6.30. The number of nitrogens with zero attached hydrogens (tertiary/aromatic N) is 1. The molecule has 0 amide bonds. The number of rotatable bonds is 3. The average molecular weight is 355 g/mol. The minimum Gasteiger partial charge on any atom is -0.463 e. The molecule has 2 heterocycles. The van der Waals surface area contributed by atoms with Crippen LogP contribution in [0, 0.1) is 0 Å². The first-order valence-corrected chi connectivity index (χ1v) is 8.39. The lowest BCUT2D eigenvalue weighted by Gasteiger charge is -2.10. The topological polar surface area (TPSA) is 25.5 Å². The zero-order valence-corrected chi connectivity index (χ0v) is 13.8. The molecule has 26 heavy (non-hydrogen) atoms. The molecule has 0 aliphatic carbocycles. The Labute approximate surface area is 149 Å². The molecule has 0 saturated heterocycles. The van der Waals surface area contributed by atoms with Crippen LogP contribution < -0.4 is 0 Å². The van der Waals surface area contributed by atoms with Gasteiger partial charge in [0.2, 0.25) is 0 Å². The third-order valence-corrected chi connectivity index (χ3v) is 4.61. The molecule has 1 aliphatic rings. The van der Waals surface area contributed by atoms with Crippen molar-refractivity contribution in [2.45, 2.75) is 25.1 Å². The molecule has 1 aliphatic heterocycles. The van der Waals surface area contributed by atoms with Gasteiger partial charge in [-0.15, -0.1) is 0 Å². The van der Waals surface area contributed by atoms with Crippen LogP contribution >= 0.6 is 0 Å². The molecule has 132 valence electrons. The molecule has 3 aromatic rings. The number of aliphatic imine (C=N–C) groups is 1. The number of benzene rings is 2. The highest BCUT2D eigenvalue weighted by molar-refractivity contribution is 5.99. The van der Waals surface area contributed by atoms with Crippen molar-refractivity contribution < 1.29 is 17.6 Å². The summed E-state index contributed by atoms with van der Waals surface area (Å²) >= 11 is 0. The van der Waals surface area contributed by atoms with Gasteiger partial charge in [-0.25, -0.2) is 0 Å². The molecule has 0 N–H and O–H groups in total. The van der Waals surface area contributed by atoms with Gasteiger partial charge >= 0.3 is 6.18 Å². The molecular formula is C21H16F3NO. The van der Waals surface area contributed by atoms with E-state index in [2.05, 4.69) is 0 Å². The van der Waals surface area contributed by atoms with Crippen molar-refractivity contribution >= 4 is 5.71 Å². The number of alkyl halides is 3. The molecule has 5 heteroatoms. The maximum absolute atomic E-state index is 12.7. The molecule has 0 spiro atoms. The maximum atomic E-state index is 12.7. The van der Waals surface area contributed by atoms with E-state index in [0.29, 0.717) is 0 Å². The molecule has 0 bridgehead atoms. The Balaban J connectivity index is 1.52. The van der Waals surface area contributed by atoms with Gasteiger partial charge in [-0.3, -0.25) is 4.99 Å². The summed E-state index contributed by atoms with van der Waals surface area (Å²) in [5, 5.41) is 0. The fourth-order valence-electron chi connectivity index (χ4n) is 3.21. The van der Waals surface area contributed by atoms with Crippen molar-refractivity contribution in [2.75, 3.05) is 0 Å². The SMILES string of the molecule is FC(F)(F)c1ccc(-c2ccc(C3CCC(c4ccco4)=N3)cc2)cc1. The molecule has 0 fully saturated rings. The predicted octanol–water partition coefficient (Wildman–Crippen LogP) is 6.29. The molecule has 1 unspecified atom stereocenters. The molecule has 0 saturated carbocycles. The number of hydrogen-bond donors (Lipinski definition) is 0. The molecule has 2 aromatic carbocycles. The van der Waals surface area contributed by atoms with Crippen LogP contribution in [0.5, 0.6) is 0 Å². The smallest absolute Gasteiger partial charge is 0.416 e. The highest BCUT2D eigenvalue weighted by atomic mass is 19.4. The van der Waals surface area contributed by atoms with E-state index >= 15 is 0 Å². The number of furan rings is 1. The van der Waals surface area contributed by atoms with Gasteiger partial charge < -0.3 is 4.42 Å². The lowest BCUT2D eigenvalue weighted by molar-refractivity contribution is -0.137. The third kappa shape index (κ3) is 3.29. The van der Waals surface area contributed by atoms with Crippen LogP contribution in [0.3, 0.4) is 0 Å². The van der Waals surface area contributed by atoms with Gasteiger partial charge in [-0.1, -0.05) is 36.4 Å². The lowest BCUT2D eigenvalue weighted by Crippen LogP contribution is -2.03. The molecular weight excluding hydrogens is 339 g/mol. The Kier molecular flexibility index (Phi) is 4.15. The van der Waals surface area contributed by atoms with Gasteiger partial charge in [0, 0.05) is 0 Å². The van der Waals surface area contributed by atoms with Crippen LogP contribution in [0.4, 0.5) is 13.2 Å². The standard InChI is InChI=1S/C21H16F3NO/c22-21(23,24)17-9-7-15(8-10-17)14-3-5-16(6-4-14)18-11-12-19(25-18)20-2-1-13-26-20/h1-10,13,18H,11-12H2. The molecule has 1 aromatic heterocycles. The van der Waals surface area contributed by atoms with Crippen molar-refractivity contribution in [1.29, 1.82) is 0 Å². The minimum absolute atomic E-state index is 0.0942. The normalized spacial score (nSPS) is 17.3. The second kappa shape index (κ2) is 6.48. The summed E-state index contributed by atoms with van der Waals surface area (Å²) < 4.78 is 43.4. The van der Waals surface area contributed by atoms with Gasteiger partial charge in [0.25, 0.3) is 0 Å². The van der Waals surface area contributed by atoms with Crippen molar-refractivity contribution in [3.63, 3.8) is 0 Å². The Morgan fingerprint density at radius 3 is 2.12 bits per heavy atom. The molecule has 0 radical (unpaired) electrons. The zero-order valence-electron chi connectivity index (χ0n) is 13.8. The van der Waals surface area contributed by atoms with Gasteiger partial charge in [0.05, 0.1) is 23.6 Å². The zero-order chi connectivity index (χ0) is 18.1. The van der Waals surface area contributed by atoms with Gasteiger partial charge in [0.15, 0.2) is 0 Å². The summed E-state index contributed by atoms with van der Waals surface area (Å²) in [6.07, 6.45) is -0.868. The summed E-state index contributed by atoms with van der Waals surface area (Å²) in [4.78, 5) is 4.74. The monoisotopic (exact) mass is 355 g/mol. The van der Waals surface area contributed by atoms with E-state index in [1.807, 2.05) is 36.4 Å². The van der Waals surface area contributed by atoms with Crippen molar-refractivity contribution in [3.05, 3.63) is 83.8 Å². The Bertz CT molecular complexity index is 907. The van der Waals surface area contributed by atoms with Gasteiger partial charge in [-0.2, -0.15) is 13.2 Å². The van der Waals surface area contributed by atoms with Crippen LogP contribution in [-0.4, -0.2) is 5.71 Å². The molecule has 1 atom stereocenters. The van der Waals surface area contributed by atoms with E-state index < -0.39 is 11.7 Å². The largest absolute Gasteiger partial charge is 0.463 e. The third-order valence-electron chi connectivity index (χ3n) is 4.61. The minimum atomic E-state index is -4.31. The highest BCUT2D eigenvalue weighted by Crippen LogP contribution is 2.33. The van der Waals surface area contributed by atoms with E-state index in [4.69, 9.17) is 9.41 Å². The summed E-state index contributed by atoms with van der Waals surface area (Å²) in [6, 6.07) is 16.9. The quantitative estimate of drug-likeness (QED) is 0.542. The van der Waals surface area contributed by atoms with Gasteiger partial charge in [0.1, 0.15) is 5.76 Å². The summed E-state index contributed by atoms with van der Waals surface area (Å²) in [5.74, 6) is 0.814. The molecule has 2 nitrogen and oxygen atoms in total. The summed E-state index contributed by atoms with van der Waals surface area (Å²) in [7, 11) is 0.